The molecule has 1 aromatic carbocycles. The van der Waals surface area contributed by atoms with Gasteiger partial charge in [0, 0.05) is 10.8 Å². The first kappa shape index (κ1) is 14.3. The Balaban J connectivity index is 1.78. The van der Waals surface area contributed by atoms with Crippen LogP contribution < -0.4 is 5.43 Å². The molecule has 0 aliphatic rings. The molecule has 0 aliphatic carbocycles. The van der Waals surface area contributed by atoms with Crippen LogP contribution in [-0.2, 0) is 0 Å². The van der Waals surface area contributed by atoms with Crippen molar-refractivity contribution in [3.63, 3.8) is 0 Å². The molecular weight excluding hydrogens is 376 g/mol. The van der Waals surface area contributed by atoms with Gasteiger partial charge >= 0.3 is 0 Å². The third-order valence-electron chi connectivity index (χ3n) is 3.42. The molecule has 4 rings (SSSR count). The van der Waals surface area contributed by atoms with Crippen LogP contribution >= 0.6 is 27.3 Å². The fourth-order valence-corrected chi connectivity index (χ4v) is 3.64. The van der Waals surface area contributed by atoms with Crippen molar-refractivity contribution >= 4 is 55.2 Å². The van der Waals surface area contributed by atoms with E-state index in [1.807, 2.05) is 43.3 Å². The zero-order valence-electron chi connectivity index (χ0n) is 12.1. The van der Waals surface area contributed by atoms with E-state index in [4.69, 9.17) is 0 Å². The molecule has 8 heteroatoms. The number of anilines is 1. The Bertz CT molecular complexity index is 1030. The lowest BCUT2D eigenvalue weighted by atomic mass is 10.2. The Morgan fingerprint density at radius 2 is 2.04 bits per heavy atom. The van der Waals surface area contributed by atoms with Crippen molar-refractivity contribution in [1.29, 1.82) is 0 Å². The minimum Gasteiger partial charge on any atom is -0.259 e. The van der Waals surface area contributed by atoms with Gasteiger partial charge in [0.25, 0.3) is 0 Å². The summed E-state index contributed by atoms with van der Waals surface area (Å²) in [5, 5.41) is 18.9. The van der Waals surface area contributed by atoms with Crippen molar-refractivity contribution in [2.24, 2.45) is 5.10 Å². The maximum Gasteiger partial charge on any atom is 0.185 e. The third kappa shape index (κ3) is 2.60. The minimum atomic E-state index is 0.669. The van der Waals surface area contributed by atoms with Gasteiger partial charge in [-0.3, -0.25) is 5.43 Å². The number of thiophene rings is 1. The number of nitrogens with one attached hydrogen (secondary N) is 1. The average molecular weight is 387 g/mol. The lowest BCUT2D eigenvalue weighted by Gasteiger charge is -2.06. The van der Waals surface area contributed by atoms with Gasteiger partial charge in [-0.25, -0.2) is 0 Å². The molecule has 0 atom stereocenters. The Hall–Kier alpha value is -2.32. The molecule has 3 heterocycles. The summed E-state index contributed by atoms with van der Waals surface area (Å²) < 4.78 is 2.73. The van der Waals surface area contributed by atoms with E-state index in [0.29, 0.717) is 5.82 Å². The molecule has 1 N–H and O–H groups in total. The molecule has 3 aromatic heterocycles. The van der Waals surface area contributed by atoms with Gasteiger partial charge in [-0.1, -0.05) is 24.3 Å². The molecule has 0 saturated heterocycles. The molecule has 0 radical (unpaired) electrons. The topological polar surface area (TPSA) is 67.5 Å². The second-order valence-electron chi connectivity index (χ2n) is 4.91. The van der Waals surface area contributed by atoms with Gasteiger partial charge in [0.2, 0.25) is 0 Å². The molecule has 0 unspecified atom stereocenters. The number of benzene rings is 1. The van der Waals surface area contributed by atoms with Crippen LogP contribution in [-0.4, -0.2) is 25.5 Å². The number of fused-ring (bicyclic) bond motifs is 3. The van der Waals surface area contributed by atoms with Gasteiger partial charge in [0.05, 0.1) is 14.4 Å². The maximum atomic E-state index is 4.50. The zero-order chi connectivity index (χ0) is 15.8. The number of nitrogens with zero attached hydrogens (tertiary/aromatic N) is 5. The fourth-order valence-electron chi connectivity index (χ4n) is 2.31. The SMILES string of the molecule is CC(=NNc1nn2cnnc2c2ccccc12)c1ccc(Br)s1. The largest absolute Gasteiger partial charge is 0.259 e. The lowest BCUT2D eigenvalue weighted by Crippen LogP contribution is -2.03. The van der Waals surface area contributed by atoms with Crippen LogP contribution in [0.4, 0.5) is 5.82 Å². The number of rotatable bonds is 3. The first-order valence-corrected chi connectivity index (χ1v) is 8.48. The molecule has 0 bridgehead atoms. The van der Waals surface area contributed by atoms with Crippen LogP contribution in [0, 0.1) is 0 Å². The lowest BCUT2D eigenvalue weighted by molar-refractivity contribution is 0.934. The monoisotopic (exact) mass is 386 g/mol. The van der Waals surface area contributed by atoms with Crippen molar-refractivity contribution in [3.8, 4) is 0 Å². The Morgan fingerprint density at radius 1 is 1.22 bits per heavy atom. The molecule has 114 valence electrons. The van der Waals surface area contributed by atoms with Crippen molar-refractivity contribution in [2.45, 2.75) is 6.92 Å². The highest BCUT2D eigenvalue weighted by atomic mass is 79.9. The maximum absolute atomic E-state index is 4.50. The normalized spacial score (nSPS) is 12.2. The highest BCUT2D eigenvalue weighted by molar-refractivity contribution is 9.11. The van der Waals surface area contributed by atoms with Gasteiger partial charge in [-0.15, -0.1) is 26.6 Å². The molecular formula is C15H11BrN6S. The summed E-state index contributed by atoms with van der Waals surface area (Å²) >= 11 is 5.10. The van der Waals surface area contributed by atoms with Crippen molar-refractivity contribution in [2.75, 3.05) is 5.43 Å². The average Bonchev–Trinajstić information content (AvgIpc) is 3.21. The Kier molecular flexibility index (Phi) is 3.55. The molecule has 0 saturated carbocycles. The molecule has 6 nitrogen and oxygen atoms in total. The quantitative estimate of drug-likeness (QED) is 0.427. The minimum absolute atomic E-state index is 0.669. The third-order valence-corrected chi connectivity index (χ3v) is 5.15. The van der Waals surface area contributed by atoms with Crippen LogP contribution in [0.15, 0.2) is 51.6 Å². The van der Waals surface area contributed by atoms with Crippen LogP contribution in [0.25, 0.3) is 16.4 Å². The second kappa shape index (κ2) is 5.71. The molecule has 0 aliphatic heterocycles. The Labute approximate surface area is 144 Å². The van der Waals surface area contributed by atoms with Crippen LogP contribution in [0.3, 0.4) is 0 Å². The van der Waals surface area contributed by atoms with Crippen LogP contribution in [0.2, 0.25) is 0 Å². The smallest absolute Gasteiger partial charge is 0.185 e. The molecule has 0 amide bonds. The number of aromatic nitrogens is 4. The predicted molar refractivity (Wildman–Crippen MR) is 96.1 cm³/mol. The highest BCUT2D eigenvalue weighted by Gasteiger charge is 2.09. The van der Waals surface area contributed by atoms with Crippen molar-refractivity contribution in [3.05, 3.63) is 51.4 Å². The summed E-state index contributed by atoms with van der Waals surface area (Å²) in [6.07, 6.45) is 1.58. The second-order valence-corrected chi connectivity index (χ2v) is 7.37. The molecule has 23 heavy (non-hydrogen) atoms. The van der Waals surface area contributed by atoms with Gasteiger partial charge in [-0.2, -0.15) is 9.62 Å². The van der Waals surface area contributed by atoms with Crippen LogP contribution in [0.5, 0.6) is 0 Å². The van der Waals surface area contributed by atoms with Gasteiger partial charge in [-0.05, 0) is 35.0 Å². The summed E-state index contributed by atoms with van der Waals surface area (Å²) in [6.45, 7) is 1.96. The number of halogens is 1. The van der Waals surface area contributed by atoms with Gasteiger partial charge in [0.1, 0.15) is 6.33 Å². The highest BCUT2D eigenvalue weighted by Crippen LogP contribution is 2.25. The summed E-state index contributed by atoms with van der Waals surface area (Å²) in [5.41, 5.74) is 4.70. The van der Waals surface area contributed by atoms with E-state index in [0.717, 1.165) is 30.8 Å². The zero-order valence-corrected chi connectivity index (χ0v) is 14.5. The summed E-state index contributed by atoms with van der Waals surface area (Å²) in [5.74, 6) is 0.669. The number of hydrazone groups is 1. The molecule has 0 fully saturated rings. The molecule has 0 spiro atoms. The number of hydrogen-bond donors (Lipinski definition) is 1. The first-order valence-electron chi connectivity index (χ1n) is 6.87. The van der Waals surface area contributed by atoms with Gasteiger partial charge in [0.15, 0.2) is 11.5 Å². The summed E-state index contributed by atoms with van der Waals surface area (Å²) in [4.78, 5) is 1.10. The predicted octanol–water partition coefficient (Wildman–Crippen LogP) is 3.94. The molecule has 4 aromatic rings. The van der Waals surface area contributed by atoms with E-state index < -0.39 is 0 Å². The number of hydrogen-bond acceptors (Lipinski definition) is 6. The van der Waals surface area contributed by atoms with Crippen molar-refractivity contribution in [1.82, 2.24) is 19.8 Å². The van der Waals surface area contributed by atoms with E-state index in [1.54, 1.807) is 22.2 Å². The standard InChI is InChI=1S/C15H11BrN6S/c1-9(12-6-7-13(16)23-12)18-19-14-10-4-2-3-5-11(10)15-20-17-8-22(15)21-14/h2-8H,1H3,(H,19,21). The summed E-state index contributed by atoms with van der Waals surface area (Å²) in [7, 11) is 0. The first-order chi connectivity index (χ1) is 11.2. The van der Waals surface area contributed by atoms with Crippen LogP contribution in [0.1, 0.15) is 11.8 Å². The summed E-state index contributed by atoms with van der Waals surface area (Å²) in [6, 6.07) is 12.0. The van der Waals surface area contributed by atoms with E-state index in [9.17, 15) is 0 Å². The van der Waals surface area contributed by atoms with Crippen molar-refractivity contribution < 1.29 is 0 Å². The Morgan fingerprint density at radius 3 is 2.83 bits per heavy atom. The van der Waals surface area contributed by atoms with E-state index in [2.05, 4.69) is 41.8 Å². The fraction of sp³-hybridized carbons (Fsp3) is 0.0667. The van der Waals surface area contributed by atoms with E-state index in [1.165, 1.54) is 0 Å². The van der Waals surface area contributed by atoms with E-state index >= 15 is 0 Å². The van der Waals surface area contributed by atoms with Gasteiger partial charge < -0.3 is 0 Å². The van der Waals surface area contributed by atoms with E-state index in [-0.39, 0.29) is 0 Å².